The highest BCUT2D eigenvalue weighted by atomic mass is 32.2. The molecule has 30 heavy (non-hydrogen) atoms. The molecule has 0 aliphatic carbocycles. The molecule has 1 amide bonds. The van der Waals surface area contributed by atoms with Gasteiger partial charge in [-0.2, -0.15) is 16.8 Å². The third-order valence-electron chi connectivity index (χ3n) is 5.00. The minimum atomic E-state index is -3.51. The van der Waals surface area contributed by atoms with Crippen molar-refractivity contribution in [3.05, 3.63) is 57.9 Å². The first-order chi connectivity index (χ1) is 14.2. The van der Waals surface area contributed by atoms with Crippen molar-refractivity contribution in [3.8, 4) is 0 Å². The molecule has 0 N–H and O–H groups in total. The van der Waals surface area contributed by atoms with Crippen LogP contribution in [0.1, 0.15) is 23.1 Å². The largest absolute Gasteiger partial charge is 0.316 e. The monoisotopic (exact) mass is 462 g/mol. The minimum Gasteiger partial charge on any atom is -0.316 e. The molecule has 1 aromatic heterocycles. The first-order valence-corrected chi connectivity index (χ1v) is 13.5. The second kappa shape index (κ2) is 9.49. The number of aryl methyl sites for hydroxylation is 4. The maximum Gasteiger partial charge on any atom is 0.249 e. The maximum absolute atomic E-state index is 12.5. The summed E-state index contributed by atoms with van der Waals surface area (Å²) in [4.78, 5) is 17.7. The highest BCUT2D eigenvalue weighted by Gasteiger charge is 2.17. The molecule has 0 fully saturated rings. The fourth-order valence-corrected chi connectivity index (χ4v) is 5.80. The van der Waals surface area contributed by atoms with Crippen molar-refractivity contribution in [1.82, 2.24) is 4.57 Å². The Kier molecular flexibility index (Phi) is 7.21. The molecule has 0 spiro atoms. The Morgan fingerprint density at radius 1 is 1.10 bits per heavy atom. The first kappa shape index (κ1) is 22.8. The zero-order chi connectivity index (χ0) is 21.9. The summed E-state index contributed by atoms with van der Waals surface area (Å²) in [6, 6.07) is 10.9. The molecule has 3 rings (SSSR count). The van der Waals surface area contributed by atoms with E-state index < -0.39 is 15.7 Å². The van der Waals surface area contributed by atoms with Crippen molar-refractivity contribution in [3.63, 3.8) is 0 Å². The van der Waals surface area contributed by atoms with Crippen LogP contribution in [0.2, 0.25) is 0 Å². The standard InChI is InChI=1S/C22H26N2O3S3/c1-15-5-7-18(8-6-15)30(26,27)12-9-21(25)23-22-24(10-11-28-4)19-13-16(2)17(3)14-20(19)29-22/h5-8,13-14H,9-12H2,1-4H3. The number of thioether (sulfide) groups is 1. The SMILES string of the molecule is CSCCn1c(=NC(=O)CCS(=O)(=O)c2ccc(C)cc2)sc2cc(C)c(C)cc21. The van der Waals surface area contributed by atoms with E-state index in [1.807, 2.05) is 13.2 Å². The van der Waals surface area contributed by atoms with E-state index in [2.05, 4.69) is 35.5 Å². The number of carbonyl (C=O) groups is 1. The number of thiazole rings is 1. The Morgan fingerprint density at radius 2 is 1.77 bits per heavy atom. The van der Waals surface area contributed by atoms with Gasteiger partial charge in [-0.25, -0.2) is 8.42 Å². The number of nitrogens with zero attached hydrogens (tertiary/aromatic N) is 2. The Hall–Kier alpha value is -1.90. The lowest BCUT2D eigenvalue weighted by molar-refractivity contribution is -0.117. The van der Waals surface area contributed by atoms with E-state index in [4.69, 9.17) is 0 Å². The van der Waals surface area contributed by atoms with Crippen molar-refractivity contribution >= 4 is 49.1 Å². The molecule has 0 atom stereocenters. The molecule has 2 aromatic carbocycles. The van der Waals surface area contributed by atoms with Crippen LogP contribution in [0, 0.1) is 20.8 Å². The molecule has 0 saturated carbocycles. The van der Waals surface area contributed by atoms with E-state index in [1.54, 1.807) is 36.0 Å². The van der Waals surface area contributed by atoms with Crippen LogP contribution < -0.4 is 4.80 Å². The highest BCUT2D eigenvalue weighted by Crippen LogP contribution is 2.22. The Balaban J connectivity index is 1.88. The van der Waals surface area contributed by atoms with Crippen molar-refractivity contribution in [2.45, 2.75) is 38.6 Å². The molecule has 3 aromatic rings. The summed E-state index contributed by atoms with van der Waals surface area (Å²) in [6.07, 6.45) is 1.91. The molecule has 0 unspecified atom stereocenters. The molecule has 5 nitrogen and oxygen atoms in total. The van der Waals surface area contributed by atoms with E-state index in [0.29, 0.717) is 4.80 Å². The molecule has 0 aliphatic heterocycles. The number of aromatic nitrogens is 1. The minimum absolute atomic E-state index is 0.134. The quantitative estimate of drug-likeness (QED) is 0.525. The van der Waals surface area contributed by atoms with Gasteiger partial charge in [0, 0.05) is 18.7 Å². The van der Waals surface area contributed by atoms with Gasteiger partial charge in [-0.05, 0) is 62.4 Å². The van der Waals surface area contributed by atoms with Gasteiger partial charge in [0.25, 0.3) is 0 Å². The van der Waals surface area contributed by atoms with E-state index in [9.17, 15) is 13.2 Å². The van der Waals surface area contributed by atoms with Crippen molar-refractivity contribution in [2.24, 2.45) is 4.99 Å². The topological polar surface area (TPSA) is 68.5 Å². The molecule has 0 saturated heterocycles. The first-order valence-electron chi connectivity index (χ1n) is 9.68. The van der Waals surface area contributed by atoms with Gasteiger partial charge in [0.15, 0.2) is 14.6 Å². The Labute approximate surface area is 185 Å². The third-order valence-corrected chi connectivity index (χ3v) is 8.37. The van der Waals surface area contributed by atoms with Gasteiger partial charge < -0.3 is 4.57 Å². The number of benzene rings is 2. The summed E-state index contributed by atoms with van der Waals surface area (Å²) in [5.41, 5.74) is 4.45. The Bertz CT molecular complexity index is 1240. The van der Waals surface area contributed by atoms with Crippen LogP contribution in [0.25, 0.3) is 10.2 Å². The second-order valence-corrected chi connectivity index (χ2v) is 11.4. The van der Waals surface area contributed by atoms with E-state index in [-0.39, 0.29) is 17.1 Å². The molecular formula is C22H26N2O3S3. The summed E-state index contributed by atoms with van der Waals surface area (Å²) >= 11 is 3.21. The van der Waals surface area contributed by atoms with Gasteiger partial charge in [0.1, 0.15) is 0 Å². The average molecular weight is 463 g/mol. The second-order valence-electron chi connectivity index (χ2n) is 7.32. The highest BCUT2D eigenvalue weighted by molar-refractivity contribution is 7.98. The smallest absolute Gasteiger partial charge is 0.249 e. The third kappa shape index (κ3) is 5.22. The molecular weight excluding hydrogens is 436 g/mol. The Morgan fingerprint density at radius 3 is 2.43 bits per heavy atom. The average Bonchev–Trinajstić information content (AvgIpc) is 3.01. The predicted molar refractivity (Wildman–Crippen MR) is 126 cm³/mol. The number of carbonyl (C=O) groups excluding carboxylic acids is 1. The lowest BCUT2D eigenvalue weighted by atomic mass is 10.1. The summed E-state index contributed by atoms with van der Waals surface area (Å²) < 4.78 is 28.2. The summed E-state index contributed by atoms with van der Waals surface area (Å²) in [5.74, 6) is 0.248. The summed E-state index contributed by atoms with van der Waals surface area (Å²) in [5, 5.41) is 0. The predicted octanol–water partition coefficient (Wildman–Crippen LogP) is 4.28. The van der Waals surface area contributed by atoms with Gasteiger partial charge in [-0.3, -0.25) is 4.79 Å². The summed E-state index contributed by atoms with van der Waals surface area (Å²) in [7, 11) is -3.51. The molecule has 0 aliphatic rings. The van der Waals surface area contributed by atoms with Crippen molar-refractivity contribution in [1.29, 1.82) is 0 Å². The lowest BCUT2D eigenvalue weighted by Crippen LogP contribution is -2.19. The zero-order valence-corrected chi connectivity index (χ0v) is 20.1. The van der Waals surface area contributed by atoms with E-state index >= 15 is 0 Å². The van der Waals surface area contributed by atoms with E-state index in [0.717, 1.165) is 28.1 Å². The van der Waals surface area contributed by atoms with Crippen molar-refractivity contribution < 1.29 is 13.2 Å². The number of sulfone groups is 1. The fraction of sp³-hybridized carbons (Fsp3) is 0.364. The van der Waals surface area contributed by atoms with Crippen LogP contribution in [-0.4, -0.2) is 36.7 Å². The van der Waals surface area contributed by atoms with Gasteiger partial charge in [-0.1, -0.05) is 29.0 Å². The number of fused-ring (bicyclic) bond motifs is 1. The molecule has 0 radical (unpaired) electrons. The number of hydrogen-bond donors (Lipinski definition) is 0. The van der Waals surface area contributed by atoms with Gasteiger partial charge in [-0.15, -0.1) is 0 Å². The molecule has 8 heteroatoms. The van der Waals surface area contributed by atoms with Crippen LogP contribution in [0.4, 0.5) is 0 Å². The van der Waals surface area contributed by atoms with Crippen LogP contribution in [0.3, 0.4) is 0 Å². The maximum atomic E-state index is 12.5. The fourth-order valence-electron chi connectivity index (χ4n) is 3.05. The van der Waals surface area contributed by atoms with Gasteiger partial charge in [0.2, 0.25) is 5.91 Å². The zero-order valence-electron chi connectivity index (χ0n) is 17.6. The van der Waals surface area contributed by atoms with Crippen LogP contribution in [-0.2, 0) is 21.2 Å². The number of rotatable bonds is 7. The number of amides is 1. The normalized spacial score (nSPS) is 12.6. The van der Waals surface area contributed by atoms with E-state index in [1.165, 1.54) is 22.5 Å². The lowest BCUT2D eigenvalue weighted by Gasteiger charge is -2.06. The van der Waals surface area contributed by atoms with Crippen LogP contribution >= 0.6 is 23.1 Å². The number of hydrogen-bond acceptors (Lipinski definition) is 5. The van der Waals surface area contributed by atoms with Crippen LogP contribution in [0.15, 0.2) is 46.3 Å². The van der Waals surface area contributed by atoms with Gasteiger partial charge >= 0.3 is 0 Å². The molecule has 160 valence electrons. The summed E-state index contributed by atoms with van der Waals surface area (Å²) in [6.45, 7) is 6.79. The molecule has 1 heterocycles. The van der Waals surface area contributed by atoms with Crippen molar-refractivity contribution in [2.75, 3.05) is 17.8 Å². The molecule has 0 bridgehead atoms. The van der Waals surface area contributed by atoms with Crippen LogP contribution in [0.5, 0.6) is 0 Å². The van der Waals surface area contributed by atoms with Gasteiger partial charge in [0.05, 0.1) is 20.9 Å².